The number of nitrogens with one attached hydrogen (secondary N) is 1. The summed E-state index contributed by atoms with van der Waals surface area (Å²) in [6.45, 7) is 2.21. The number of alkyl halides is 2. The Morgan fingerprint density at radius 2 is 2.12 bits per heavy atom. The first-order chi connectivity index (χ1) is 7.63. The second-order valence-electron chi connectivity index (χ2n) is 3.63. The van der Waals surface area contributed by atoms with E-state index in [1.807, 2.05) is 13.0 Å². The van der Waals surface area contributed by atoms with Gasteiger partial charge in [-0.25, -0.2) is 0 Å². The predicted molar refractivity (Wildman–Crippen MR) is 59.8 cm³/mol. The van der Waals surface area contributed by atoms with Gasteiger partial charge in [0.15, 0.2) is 0 Å². The topological polar surface area (TPSA) is 21.3 Å². The molecule has 0 heterocycles. The zero-order valence-electron chi connectivity index (χ0n) is 9.54. The maximum atomic E-state index is 12.0. The van der Waals surface area contributed by atoms with Crippen LogP contribution in [-0.4, -0.2) is 13.2 Å². The van der Waals surface area contributed by atoms with E-state index in [0.717, 1.165) is 18.5 Å². The zero-order chi connectivity index (χ0) is 12.0. The molecule has 16 heavy (non-hydrogen) atoms. The molecule has 1 unspecified atom stereocenters. The van der Waals surface area contributed by atoms with Crippen LogP contribution in [0.5, 0.6) is 5.75 Å². The fourth-order valence-corrected chi connectivity index (χ4v) is 1.44. The van der Waals surface area contributed by atoms with E-state index >= 15 is 0 Å². The number of benzene rings is 1. The minimum Gasteiger partial charge on any atom is -0.435 e. The van der Waals surface area contributed by atoms with Crippen LogP contribution in [-0.2, 0) is 0 Å². The third-order valence-corrected chi connectivity index (χ3v) is 2.28. The quantitative estimate of drug-likeness (QED) is 0.807. The third-order valence-electron chi connectivity index (χ3n) is 2.28. The van der Waals surface area contributed by atoms with Crippen LogP contribution in [0.4, 0.5) is 8.78 Å². The normalized spacial score (nSPS) is 12.8. The van der Waals surface area contributed by atoms with Crippen LogP contribution in [0.2, 0.25) is 0 Å². The molecule has 0 aliphatic heterocycles. The molecule has 2 nitrogen and oxygen atoms in total. The summed E-state index contributed by atoms with van der Waals surface area (Å²) in [7, 11) is 0. The fourth-order valence-electron chi connectivity index (χ4n) is 1.44. The Hall–Kier alpha value is -1.16. The Bertz CT molecular complexity index is 318. The van der Waals surface area contributed by atoms with Gasteiger partial charge in [-0.3, -0.25) is 0 Å². The lowest BCUT2D eigenvalue weighted by Crippen LogP contribution is -2.19. The summed E-state index contributed by atoms with van der Waals surface area (Å²) in [5.74, 6) is 0.206. The lowest BCUT2D eigenvalue weighted by molar-refractivity contribution is -0.0499. The molecule has 0 aromatic heterocycles. The van der Waals surface area contributed by atoms with E-state index in [1.165, 1.54) is 6.07 Å². The van der Waals surface area contributed by atoms with Gasteiger partial charge in [0.2, 0.25) is 0 Å². The van der Waals surface area contributed by atoms with Crippen molar-refractivity contribution in [2.75, 3.05) is 6.54 Å². The number of hydrogen-bond donors (Lipinski definition) is 1. The van der Waals surface area contributed by atoms with Crippen molar-refractivity contribution in [3.63, 3.8) is 0 Å². The van der Waals surface area contributed by atoms with Crippen LogP contribution in [0.25, 0.3) is 0 Å². The average Bonchev–Trinajstić information content (AvgIpc) is 2.25. The molecule has 0 aliphatic carbocycles. The molecule has 0 fully saturated rings. The molecule has 1 aromatic carbocycles. The number of ether oxygens (including phenoxy) is 1. The molecule has 0 amide bonds. The second kappa shape index (κ2) is 6.43. The van der Waals surface area contributed by atoms with Crippen LogP contribution < -0.4 is 10.1 Å². The highest BCUT2D eigenvalue weighted by Crippen LogP contribution is 2.20. The van der Waals surface area contributed by atoms with Crippen molar-refractivity contribution in [1.82, 2.24) is 5.32 Å². The first-order valence-electron chi connectivity index (χ1n) is 5.41. The van der Waals surface area contributed by atoms with Crippen molar-refractivity contribution >= 4 is 0 Å². The predicted octanol–water partition coefficient (Wildman–Crippen LogP) is 3.35. The molecular formula is C12H17F2NO. The molecule has 1 rings (SSSR count). The lowest BCUT2D eigenvalue weighted by atomic mass is 10.1. The second-order valence-corrected chi connectivity index (χ2v) is 3.63. The van der Waals surface area contributed by atoms with Crippen molar-refractivity contribution in [2.45, 2.75) is 32.9 Å². The Morgan fingerprint density at radius 3 is 2.75 bits per heavy atom. The van der Waals surface area contributed by atoms with Gasteiger partial charge in [0.25, 0.3) is 0 Å². The van der Waals surface area contributed by atoms with Crippen molar-refractivity contribution in [2.24, 2.45) is 0 Å². The van der Waals surface area contributed by atoms with Gasteiger partial charge in [-0.05, 0) is 37.6 Å². The van der Waals surface area contributed by atoms with E-state index in [0.29, 0.717) is 0 Å². The Balaban J connectivity index is 2.65. The fraction of sp³-hybridized carbons (Fsp3) is 0.500. The van der Waals surface area contributed by atoms with E-state index < -0.39 is 6.61 Å². The lowest BCUT2D eigenvalue weighted by Gasteiger charge is -2.14. The zero-order valence-corrected chi connectivity index (χ0v) is 9.54. The van der Waals surface area contributed by atoms with Crippen LogP contribution in [0.1, 0.15) is 31.9 Å². The Labute approximate surface area is 94.6 Å². The molecule has 1 N–H and O–H groups in total. The molecule has 0 aliphatic rings. The van der Waals surface area contributed by atoms with Gasteiger partial charge in [-0.2, -0.15) is 8.78 Å². The molecule has 90 valence electrons. The summed E-state index contributed by atoms with van der Waals surface area (Å²) in [5.41, 5.74) is 0.951. The molecule has 1 atom stereocenters. The number of rotatable bonds is 6. The summed E-state index contributed by atoms with van der Waals surface area (Å²) >= 11 is 0. The van der Waals surface area contributed by atoms with Gasteiger partial charge in [-0.15, -0.1) is 0 Å². The van der Waals surface area contributed by atoms with Gasteiger partial charge in [0.05, 0.1) is 0 Å². The molecule has 0 bridgehead atoms. The van der Waals surface area contributed by atoms with Gasteiger partial charge in [-0.1, -0.05) is 19.1 Å². The largest absolute Gasteiger partial charge is 0.435 e. The number of halogens is 2. The van der Waals surface area contributed by atoms with E-state index in [4.69, 9.17) is 0 Å². The molecule has 4 heteroatoms. The minimum absolute atomic E-state index is 0.140. The van der Waals surface area contributed by atoms with Crippen molar-refractivity contribution < 1.29 is 13.5 Å². The highest BCUT2D eigenvalue weighted by Gasteiger charge is 2.08. The van der Waals surface area contributed by atoms with Crippen molar-refractivity contribution in [3.05, 3.63) is 29.8 Å². The van der Waals surface area contributed by atoms with Crippen LogP contribution in [0, 0.1) is 0 Å². The molecular weight excluding hydrogens is 212 g/mol. The molecule has 0 radical (unpaired) electrons. The molecule has 0 saturated carbocycles. The van der Waals surface area contributed by atoms with Gasteiger partial charge >= 0.3 is 6.61 Å². The standard InChI is InChI=1S/C12H17F2NO/c1-3-7-15-9(2)10-5-4-6-11(8-10)16-12(13)14/h4-6,8-9,12,15H,3,7H2,1-2H3. The van der Waals surface area contributed by atoms with E-state index in [9.17, 15) is 8.78 Å². The third kappa shape index (κ3) is 4.14. The summed E-state index contributed by atoms with van der Waals surface area (Å²) in [6.07, 6.45) is 1.04. The number of hydrogen-bond acceptors (Lipinski definition) is 2. The van der Waals surface area contributed by atoms with E-state index in [-0.39, 0.29) is 11.8 Å². The van der Waals surface area contributed by atoms with Crippen LogP contribution in [0.3, 0.4) is 0 Å². The molecule has 0 saturated heterocycles. The monoisotopic (exact) mass is 229 g/mol. The first-order valence-corrected chi connectivity index (χ1v) is 5.41. The SMILES string of the molecule is CCCNC(C)c1cccc(OC(F)F)c1. The maximum absolute atomic E-state index is 12.0. The minimum atomic E-state index is -2.77. The van der Waals surface area contributed by atoms with Gasteiger partial charge in [0.1, 0.15) is 5.75 Å². The van der Waals surface area contributed by atoms with Crippen molar-refractivity contribution in [3.8, 4) is 5.75 Å². The smallest absolute Gasteiger partial charge is 0.387 e. The highest BCUT2D eigenvalue weighted by atomic mass is 19.3. The van der Waals surface area contributed by atoms with Gasteiger partial charge in [0, 0.05) is 6.04 Å². The molecule has 0 spiro atoms. The Morgan fingerprint density at radius 1 is 1.38 bits per heavy atom. The van der Waals surface area contributed by atoms with Gasteiger partial charge < -0.3 is 10.1 Å². The molecule has 1 aromatic rings. The summed E-state index contributed by atoms with van der Waals surface area (Å²) < 4.78 is 28.4. The van der Waals surface area contributed by atoms with Crippen LogP contribution in [0.15, 0.2) is 24.3 Å². The van der Waals surface area contributed by atoms with E-state index in [1.54, 1.807) is 12.1 Å². The maximum Gasteiger partial charge on any atom is 0.387 e. The summed E-state index contributed by atoms with van der Waals surface area (Å²) in [6, 6.07) is 6.92. The average molecular weight is 229 g/mol. The highest BCUT2D eigenvalue weighted by molar-refractivity contribution is 5.30. The first kappa shape index (κ1) is 12.9. The Kier molecular flexibility index (Phi) is 5.19. The van der Waals surface area contributed by atoms with Crippen LogP contribution >= 0.6 is 0 Å². The summed E-state index contributed by atoms with van der Waals surface area (Å²) in [4.78, 5) is 0. The summed E-state index contributed by atoms with van der Waals surface area (Å²) in [5, 5.41) is 3.29. The van der Waals surface area contributed by atoms with E-state index in [2.05, 4.69) is 17.0 Å². The van der Waals surface area contributed by atoms with Crippen molar-refractivity contribution in [1.29, 1.82) is 0 Å².